The highest BCUT2D eigenvalue weighted by atomic mass is 16.5. The van der Waals surface area contributed by atoms with Gasteiger partial charge in [0.1, 0.15) is 17.6 Å². The Kier molecular flexibility index (Phi) is 4.11. The van der Waals surface area contributed by atoms with Crippen LogP contribution in [0.5, 0.6) is 11.5 Å². The standard InChI is InChI=1S/C18H21NO2/c1-13-3-8-18-15(9-13)10-17(21-18)12-19-11-14-4-6-16(20-2)7-5-14/h3-9,17,19H,10-12H2,1-2H3. The van der Waals surface area contributed by atoms with Crippen molar-refractivity contribution >= 4 is 0 Å². The largest absolute Gasteiger partial charge is 0.497 e. The van der Waals surface area contributed by atoms with E-state index in [4.69, 9.17) is 9.47 Å². The van der Waals surface area contributed by atoms with Crippen LogP contribution in [0.15, 0.2) is 42.5 Å². The monoisotopic (exact) mass is 283 g/mol. The van der Waals surface area contributed by atoms with Crippen molar-refractivity contribution in [3.63, 3.8) is 0 Å². The molecule has 0 bridgehead atoms. The van der Waals surface area contributed by atoms with Crippen LogP contribution in [0.25, 0.3) is 0 Å². The predicted molar refractivity (Wildman–Crippen MR) is 84.0 cm³/mol. The van der Waals surface area contributed by atoms with Crippen molar-refractivity contribution in [3.8, 4) is 11.5 Å². The Morgan fingerprint density at radius 3 is 2.76 bits per heavy atom. The lowest BCUT2D eigenvalue weighted by Gasteiger charge is -2.12. The summed E-state index contributed by atoms with van der Waals surface area (Å²) in [5.41, 5.74) is 3.87. The first kappa shape index (κ1) is 14.0. The van der Waals surface area contributed by atoms with Gasteiger partial charge in [-0.15, -0.1) is 0 Å². The molecule has 1 aliphatic heterocycles. The fraction of sp³-hybridized carbons (Fsp3) is 0.333. The molecule has 0 amide bonds. The highest BCUT2D eigenvalue weighted by Gasteiger charge is 2.22. The number of ether oxygens (including phenoxy) is 2. The number of hydrogen-bond donors (Lipinski definition) is 1. The summed E-state index contributed by atoms with van der Waals surface area (Å²) in [7, 11) is 1.68. The topological polar surface area (TPSA) is 30.5 Å². The Hall–Kier alpha value is -2.00. The van der Waals surface area contributed by atoms with Crippen LogP contribution in [-0.4, -0.2) is 19.8 Å². The molecule has 0 aliphatic carbocycles. The normalized spacial score (nSPS) is 16.4. The third-order valence-corrected chi connectivity index (χ3v) is 3.82. The molecule has 1 atom stereocenters. The number of benzene rings is 2. The maximum atomic E-state index is 5.95. The predicted octanol–water partition coefficient (Wildman–Crippen LogP) is 3.10. The number of rotatable bonds is 5. The maximum Gasteiger partial charge on any atom is 0.123 e. The van der Waals surface area contributed by atoms with Crippen LogP contribution < -0.4 is 14.8 Å². The minimum atomic E-state index is 0.236. The first-order chi connectivity index (χ1) is 10.2. The van der Waals surface area contributed by atoms with E-state index in [-0.39, 0.29) is 6.10 Å². The molecule has 0 saturated heterocycles. The summed E-state index contributed by atoms with van der Waals surface area (Å²) in [5, 5.41) is 3.46. The van der Waals surface area contributed by atoms with E-state index in [2.05, 4.69) is 42.6 Å². The molecular weight excluding hydrogens is 262 g/mol. The molecule has 3 nitrogen and oxygen atoms in total. The summed E-state index contributed by atoms with van der Waals surface area (Å²) in [6, 6.07) is 14.5. The van der Waals surface area contributed by atoms with Crippen molar-refractivity contribution < 1.29 is 9.47 Å². The van der Waals surface area contributed by atoms with Gasteiger partial charge in [-0.2, -0.15) is 0 Å². The van der Waals surface area contributed by atoms with Crippen molar-refractivity contribution in [3.05, 3.63) is 59.2 Å². The van der Waals surface area contributed by atoms with Gasteiger partial charge < -0.3 is 14.8 Å². The van der Waals surface area contributed by atoms with Gasteiger partial charge >= 0.3 is 0 Å². The summed E-state index contributed by atoms with van der Waals surface area (Å²) in [4.78, 5) is 0. The molecule has 2 aromatic carbocycles. The smallest absolute Gasteiger partial charge is 0.123 e. The van der Waals surface area contributed by atoms with Crippen molar-refractivity contribution in [1.29, 1.82) is 0 Å². The Bertz CT molecular complexity index is 607. The van der Waals surface area contributed by atoms with Gasteiger partial charge in [-0.05, 0) is 36.2 Å². The summed E-state index contributed by atoms with van der Waals surface area (Å²) < 4.78 is 11.1. The summed E-state index contributed by atoms with van der Waals surface area (Å²) >= 11 is 0. The highest BCUT2D eigenvalue weighted by Crippen LogP contribution is 2.29. The Balaban J connectivity index is 1.48. The Morgan fingerprint density at radius 2 is 2.00 bits per heavy atom. The van der Waals surface area contributed by atoms with E-state index in [0.29, 0.717) is 0 Å². The first-order valence-electron chi connectivity index (χ1n) is 7.34. The molecule has 0 saturated carbocycles. The van der Waals surface area contributed by atoms with Crippen molar-refractivity contribution in [1.82, 2.24) is 5.32 Å². The number of nitrogens with one attached hydrogen (secondary N) is 1. The minimum Gasteiger partial charge on any atom is -0.497 e. The number of fused-ring (bicyclic) bond motifs is 1. The molecule has 3 rings (SSSR count). The Morgan fingerprint density at radius 1 is 1.19 bits per heavy atom. The molecule has 1 unspecified atom stereocenters. The molecular formula is C18H21NO2. The van der Waals surface area contributed by atoms with E-state index in [9.17, 15) is 0 Å². The second-order valence-electron chi connectivity index (χ2n) is 5.53. The van der Waals surface area contributed by atoms with E-state index < -0.39 is 0 Å². The van der Waals surface area contributed by atoms with Gasteiger partial charge in [-0.3, -0.25) is 0 Å². The van der Waals surface area contributed by atoms with E-state index in [1.54, 1.807) is 7.11 Å². The molecule has 1 aliphatic rings. The third kappa shape index (κ3) is 3.37. The second kappa shape index (κ2) is 6.19. The lowest BCUT2D eigenvalue weighted by molar-refractivity contribution is 0.227. The highest BCUT2D eigenvalue weighted by molar-refractivity contribution is 5.40. The van der Waals surface area contributed by atoms with E-state index in [1.807, 2.05) is 12.1 Å². The molecule has 1 N–H and O–H groups in total. The van der Waals surface area contributed by atoms with Crippen molar-refractivity contribution in [2.45, 2.75) is 26.0 Å². The van der Waals surface area contributed by atoms with Crippen LogP contribution in [0.2, 0.25) is 0 Å². The zero-order valence-electron chi connectivity index (χ0n) is 12.6. The molecule has 2 aromatic rings. The van der Waals surface area contributed by atoms with E-state index in [0.717, 1.165) is 31.0 Å². The number of methoxy groups -OCH3 is 1. The van der Waals surface area contributed by atoms with Crippen LogP contribution >= 0.6 is 0 Å². The first-order valence-corrected chi connectivity index (χ1v) is 7.34. The van der Waals surface area contributed by atoms with Crippen LogP contribution in [-0.2, 0) is 13.0 Å². The van der Waals surface area contributed by atoms with Crippen molar-refractivity contribution in [2.75, 3.05) is 13.7 Å². The average molecular weight is 283 g/mol. The SMILES string of the molecule is COc1ccc(CNCC2Cc3cc(C)ccc3O2)cc1. The van der Waals surface area contributed by atoms with Gasteiger partial charge in [0.05, 0.1) is 7.11 Å². The van der Waals surface area contributed by atoms with Gasteiger partial charge in [0.2, 0.25) is 0 Å². The maximum absolute atomic E-state index is 5.95. The molecule has 1 heterocycles. The molecule has 0 fully saturated rings. The summed E-state index contributed by atoms with van der Waals surface area (Å²) in [5.74, 6) is 1.93. The van der Waals surface area contributed by atoms with Crippen LogP contribution in [0.4, 0.5) is 0 Å². The fourth-order valence-electron chi connectivity index (χ4n) is 2.68. The van der Waals surface area contributed by atoms with Gasteiger partial charge in [0.25, 0.3) is 0 Å². The lowest BCUT2D eigenvalue weighted by Crippen LogP contribution is -2.29. The third-order valence-electron chi connectivity index (χ3n) is 3.82. The van der Waals surface area contributed by atoms with Gasteiger partial charge in [-0.1, -0.05) is 29.8 Å². The molecule has 0 spiro atoms. The van der Waals surface area contributed by atoms with Gasteiger partial charge in [0.15, 0.2) is 0 Å². The molecule has 0 radical (unpaired) electrons. The molecule has 3 heteroatoms. The van der Waals surface area contributed by atoms with E-state index >= 15 is 0 Å². The summed E-state index contributed by atoms with van der Waals surface area (Å²) in [6.07, 6.45) is 1.23. The van der Waals surface area contributed by atoms with E-state index in [1.165, 1.54) is 16.7 Å². The zero-order chi connectivity index (χ0) is 14.7. The second-order valence-corrected chi connectivity index (χ2v) is 5.53. The lowest BCUT2D eigenvalue weighted by atomic mass is 10.1. The quantitative estimate of drug-likeness (QED) is 0.914. The molecule has 21 heavy (non-hydrogen) atoms. The average Bonchev–Trinajstić information content (AvgIpc) is 2.89. The van der Waals surface area contributed by atoms with Crippen LogP contribution in [0.1, 0.15) is 16.7 Å². The fourth-order valence-corrected chi connectivity index (χ4v) is 2.68. The Labute approximate surface area is 125 Å². The zero-order valence-corrected chi connectivity index (χ0v) is 12.6. The minimum absolute atomic E-state index is 0.236. The van der Waals surface area contributed by atoms with Gasteiger partial charge in [-0.25, -0.2) is 0 Å². The number of aryl methyl sites for hydroxylation is 1. The molecule has 110 valence electrons. The molecule has 0 aromatic heterocycles. The number of hydrogen-bond acceptors (Lipinski definition) is 3. The van der Waals surface area contributed by atoms with Gasteiger partial charge in [0, 0.05) is 19.5 Å². The van der Waals surface area contributed by atoms with Crippen LogP contribution in [0, 0.1) is 6.92 Å². The summed E-state index contributed by atoms with van der Waals surface area (Å²) in [6.45, 7) is 3.83. The van der Waals surface area contributed by atoms with Crippen LogP contribution in [0.3, 0.4) is 0 Å². The van der Waals surface area contributed by atoms with Crippen molar-refractivity contribution in [2.24, 2.45) is 0 Å².